The average molecular weight is 370 g/mol. The van der Waals surface area contributed by atoms with E-state index >= 15 is 0 Å². The van der Waals surface area contributed by atoms with Crippen LogP contribution in [0.15, 0.2) is 12.7 Å². The molecule has 8 heteroatoms. The first-order valence-corrected chi connectivity index (χ1v) is 8.85. The zero-order chi connectivity index (χ0) is 19.5. The number of ether oxygens (including phenoxy) is 4. The second kappa shape index (κ2) is 7.84. The number of likely N-dealkylation sites (tertiary alicyclic amines) is 1. The highest BCUT2D eigenvalue weighted by atomic mass is 16.7. The molecule has 0 unspecified atom stereocenters. The molecule has 2 fully saturated rings. The van der Waals surface area contributed by atoms with Crippen molar-refractivity contribution in [3.63, 3.8) is 0 Å². The lowest BCUT2D eigenvalue weighted by Crippen LogP contribution is -2.64. The van der Waals surface area contributed by atoms with Crippen molar-refractivity contribution in [3.05, 3.63) is 12.7 Å². The zero-order valence-electron chi connectivity index (χ0n) is 16.3. The van der Waals surface area contributed by atoms with Gasteiger partial charge in [0.2, 0.25) is 0 Å². The van der Waals surface area contributed by atoms with E-state index in [2.05, 4.69) is 6.58 Å². The first-order chi connectivity index (χ1) is 12.0. The summed E-state index contributed by atoms with van der Waals surface area (Å²) in [5.74, 6) is -0.663. The molecule has 0 aromatic rings. The molecule has 2 rings (SSSR count). The lowest BCUT2D eigenvalue weighted by molar-refractivity contribution is -0.141. The minimum Gasteiger partial charge on any atom is -0.445 e. The predicted octanol–water partition coefficient (Wildman–Crippen LogP) is 2.38. The van der Waals surface area contributed by atoms with Crippen molar-refractivity contribution in [2.75, 3.05) is 32.8 Å². The number of carbonyl (C=O) groups is 2. The van der Waals surface area contributed by atoms with Crippen molar-refractivity contribution < 1.29 is 28.5 Å². The molecule has 2 aliphatic heterocycles. The van der Waals surface area contributed by atoms with E-state index < -0.39 is 17.5 Å². The SMILES string of the molecule is C=CCOC(=O)N(C[C@H]1COC(C)(C)O1)C1CN(C(=O)OC(C)(C)C)C1. The van der Waals surface area contributed by atoms with Crippen LogP contribution in [0.25, 0.3) is 0 Å². The van der Waals surface area contributed by atoms with Gasteiger partial charge in [0.1, 0.15) is 18.3 Å². The summed E-state index contributed by atoms with van der Waals surface area (Å²) in [6, 6.07) is -0.146. The van der Waals surface area contributed by atoms with Crippen LogP contribution in [0.5, 0.6) is 0 Å². The Morgan fingerprint density at radius 1 is 1.35 bits per heavy atom. The number of amides is 2. The van der Waals surface area contributed by atoms with Crippen molar-refractivity contribution in [2.24, 2.45) is 0 Å². The summed E-state index contributed by atoms with van der Waals surface area (Å²) in [4.78, 5) is 27.7. The van der Waals surface area contributed by atoms with Gasteiger partial charge in [0.05, 0.1) is 19.2 Å². The van der Waals surface area contributed by atoms with Crippen LogP contribution in [-0.2, 0) is 18.9 Å². The second-order valence-electron chi connectivity index (χ2n) is 8.01. The molecule has 8 nitrogen and oxygen atoms in total. The molecule has 2 aliphatic rings. The van der Waals surface area contributed by atoms with Crippen LogP contribution >= 0.6 is 0 Å². The van der Waals surface area contributed by atoms with Gasteiger partial charge in [-0.3, -0.25) is 4.90 Å². The first-order valence-electron chi connectivity index (χ1n) is 8.85. The van der Waals surface area contributed by atoms with Gasteiger partial charge in [-0.15, -0.1) is 0 Å². The van der Waals surface area contributed by atoms with Crippen molar-refractivity contribution >= 4 is 12.2 Å². The molecule has 0 saturated carbocycles. The van der Waals surface area contributed by atoms with Crippen LogP contribution in [0.1, 0.15) is 34.6 Å². The Hall–Kier alpha value is -1.80. The minimum absolute atomic E-state index is 0.130. The molecule has 0 aromatic heterocycles. The van der Waals surface area contributed by atoms with Crippen LogP contribution < -0.4 is 0 Å². The normalized spacial score (nSPS) is 22.5. The van der Waals surface area contributed by atoms with E-state index in [4.69, 9.17) is 18.9 Å². The Labute approximate surface area is 155 Å². The van der Waals surface area contributed by atoms with Crippen LogP contribution in [0.4, 0.5) is 9.59 Å². The van der Waals surface area contributed by atoms with Crippen molar-refractivity contribution in [1.82, 2.24) is 9.80 Å². The Morgan fingerprint density at radius 2 is 2.00 bits per heavy atom. The second-order valence-corrected chi connectivity index (χ2v) is 8.01. The van der Waals surface area contributed by atoms with E-state index in [1.165, 1.54) is 6.08 Å². The third-order valence-corrected chi connectivity index (χ3v) is 3.98. The van der Waals surface area contributed by atoms with Crippen LogP contribution in [0, 0.1) is 0 Å². The van der Waals surface area contributed by atoms with E-state index in [1.54, 1.807) is 9.80 Å². The van der Waals surface area contributed by atoms with Gasteiger partial charge in [-0.2, -0.15) is 0 Å². The summed E-state index contributed by atoms with van der Waals surface area (Å²) in [5.41, 5.74) is -0.550. The Balaban J connectivity index is 1.94. The van der Waals surface area contributed by atoms with Crippen molar-refractivity contribution in [3.8, 4) is 0 Å². The van der Waals surface area contributed by atoms with Gasteiger partial charge in [-0.1, -0.05) is 12.7 Å². The fraction of sp³-hybridized carbons (Fsp3) is 0.778. The maximum atomic E-state index is 12.4. The van der Waals surface area contributed by atoms with Crippen molar-refractivity contribution in [1.29, 1.82) is 0 Å². The maximum absolute atomic E-state index is 12.4. The lowest BCUT2D eigenvalue weighted by Gasteiger charge is -2.45. The van der Waals surface area contributed by atoms with Gasteiger partial charge in [-0.05, 0) is 34.6 Å². The summed E-state index contributed by atoms with van der Waals surface area (Å²) in [7, 11) is 0. The summed E-state index contributed by atoms with van der Waals surface area (Å²) < 4.78 is 21.9. The number of carbonyl (C=O) groups excluding carboxylic acids is 2. The quantitative estimate of drug-likeness (QED) is 0.692. The van der Waals surface area contributed by atoms with E-state index in [1.807, 2.05) is 34.6 Å². The molecule has 0 radical (unpaired) electrons. The molecular formula is C18H30N2O6. The van der Waals surface area contributed by atoms with Crippen molar-refractivity contribution in [2.45, 2.75) is 58.2 Å². The molecule has 148 valence electrons. The summed E-state index contributed by atoms with van der Waals surface area (Å²) in [6.07, 6.45) is 0.445. The Morgan fingerprint density at radius 3 is 2.50 bits per heavy atom. The highest BCUT2D eigenvalue weighted by Gasteiger charge is 2.42. The van der Waals surface area contributed by atoms with Crippen LogP contribution in [-0.4, -0.2) is 78.4 Å². The molecular weight excluding hydrogens is 340 g/mol. The third kappa shape index (κ3) is 5.60. The summed E-state index contributed by atoms with van der Waals surface area (Å²) in [6.45, 7) is 14.3. The van der Waals surface area contributed by atoms with Crippen LogP contribution in [0.2, 0.25) is 0 Å². The van der Waals surface area contributed by atoms with E-state index in [9.17, 15) is 9.59 Å². The average Bonchev–Trinajstić information content (AvgIpc) is 2.79. The lowest BCUT2D eigenvalue weighted by atomic mass is 10.1. The van der Waals surface area contributed by atoms with Gasteiger partial charge < -0.3 is 23.8 Å². The zero-order valence-corrected chi connectivity index (χ0v) is 16.3. The Kier molecular flexibility index (Phi) is 6.18. The van der Waals surface area contributed by atoms with Gasteiger partial charge in [0, 0.05) is 13.1 Å². The van der Waals surface area contributed by atoms with Gasteiger partial charge in [-0.25, -0.2) is 9.59 Å². The molecule has 2 saturated heterocycles. The summed E-state index contributed by atoms with van der Waals surface area (Å²) >= 11 is 0. The molecule has 0 aliphatic carbocycles. The summed E-state index contributed by atoms with van der Waals surface area (Å²) in [5, 5.41) is 0. The fourth-order valence-corrected chi connectivity index (χ4v) is 2.79. The van der Waals surface area contributed by atoms with E-state index in [-0.39, 0.29) is 24.8 Å². The molecule has 0 N–H and O–H groups in total. The van der Waals surface area contributed by atoms with E-state index in [0.717, 1.165) is 0 Å². The number of rotatable bonds is 5. The molecule has 26 heavy (non-hydrogen) atoms. The van der Waals surface area contributed by atoms with Gasteiger partial charge in [0.15, 0.2) is 5.79 Å². The van der Waals surface area contributed by atoms with Gasteiger partial charge >= 0.3 is 12.2 Å². The molecule has 0 spiro atoms. The first kappa shape index (κ1) is 20.5. The molecule has 2 heterocycles. The monoisotopic (exact) mass is 370 g/mol. The predicted molar refractivity (Wildman–Crippen MR) is 94.8 cm³/mol. The topological polar surface area (TPSA) is 77.5 Å². The highest BCUT2D eigenvalue weighted by molar-refractivity contribution is 5.71. The molecule has 0 bridgehead atoms. The highest BCUT2D eigenvalue weighted by Crippen LogP contribution is 2.25. The molecule has 2 amide bonds. The smallest absolute Gasteiger partial charge is 0.410 e. The van der Waals surface area contributed by atoms with Crippen LogP contribution in [0.3, 0.4) is 0 Å². The van der Waals surface area contributed by atoms with Gasteiger partial charge in [0.25, 0.3) is 0 Å². The van der Waals surface area contributed by atoms with E-state index in [0.29, 0.717) is 26.2 Å². The number of nitrogens with zero attached hydrogens (tertiary/aromatic N) is 2. The third-order valence-electron chi connectivity index (χ3n) is 3.98. The number of hydrogen-bond donors (Lipinski definition) is 0. The standard InChI is InChI=1S/C18H30N2O6/c1-7-8-23-16(22)20(11-14-12-24-18(5,6)25-14)13-9-19(10-13)15(21)26-17(2,3)4/h7,13-14H,1,8-12H2,2-6H3/t14-/m0/s1. The Bertz CT molecular complexity index is 536. The molecule has 0 aromatic carbocycles. The number of hydrogen-bond acceptors (Lipinski definition) is 6. The molecule has 1 atom stereocenters. The fourth-order valence-electron chi connectivity index (χ4n) is 2.79. The minimum atomic E-state index is -0.663. The maximum Gasteiger partial charge on any atom is 0.410 e. The largest absolute Gasteiger partial charge is 0.445 e.